The molecule has 0 saturated carbocycles. The highest BCUT2D eigenvalue weighted by Gasteiger charge is 2.07. The first-order valence-electron chi connectivity index (χ1n) is 9.27. The number of carbonyl (C=O) groups is 2. The van der Waals surface area contributed by atoms with Crippen LogP contribution in [0, 0.1) is 6.92 Å². The lowest BCUT2D eigenvalue weighted by atomic mass is 10.1. The molecular weight excluding hydrogens is 368 g/mol. The van der Waals surface area contributed by atoms with Crippen molar-refractivity contribution in [2.24, 2.45) is 5.73 Å². The summed E-state index contributed by atoms with van der Waals surface area (Å²) in [5.41, 5.74) is 8.74. The largest absolute Gasteiger partial charge is 0.366 e. The van der Waals surface area contributed by atoms with Gasteiger partial charge in [-0.15, -0.1) is 0 Å². The van der Waals surface area contributed by atoms with Gasteiger partial charge in [-0.05, 0) is 43.7 Å². The van der Waals surface area contributed by atoms with Gasteiger partial charge in [-0.25, -0.2) is 4.68 Å². The van der Waals surface area contributed by atoms with E-state index in [-0.39, 0.29) is 17.9 Å². The summed E-state index contributed by atoms with van der Waals surface area (Å²) in [6.07, 6.45) is 0.704. The topological polar surface area (TPSA) is 107 Å². The van der Waals surface area contributed by atoms with Gasteiger partial charge in [0.2, 0.25) is 11.8 Å². The Hall–Kier alpha value is -3.74. The Balaban J connectivity index is 1.57. The van der Waals surface area contributed by atoms with Crippen LogP contribution in [-0.4, -0.2) is 21.6 Å². The molecule has 0 bridgehead atoms. The van der Waals surface area contributed by atoms with Crippen molar-refractivity contribution in [3.8, 4) is 11.3 Å². The van der Waals surface area contributed by atoms with Crippen LogP contribution in [-0.2, 0) is 11.3 Å². The molecule has 0 atom stereocenters. The Morgan fingerprint density at radius 2 is 1.69 bits per heavy atom. The third kappa shape index (κ3) is 5.38. The van der Waals surface area contributed by atoms with Gasteiger partial charge in [0.05, 0.1) is 5.69 Å². The van der Waals surface area contributed by atoms with E-state index in [0.29, 0.717) is 29.9 Å². The fourth-order valence-corrected chi connectivity index (χ4v) is 2.82. The van der Waals surface area contributed by atoms with E-state index in [0.717, 1.165) is 11.1 Å². The molecule has 1 aromatic heterocycles. The molecule has 0 radical (unpaired) electrons. The summed E-state index contributed by atoms with van der Waals surface area (Å²) in [7, 11) is 0. The van der Waals surface area contributed by atoms with Gasteiger partial charge in [0, 0.05) is 35.8 Å². The molecule has 0 fully saturated rings. The zero-order chi connectivity index (χ0) is 20.8. The van der Waals surface area contributed by atoms with E-state index in [4.69, 9.17) is 5.73 Å². The van der Waals surface area contributed by atoms with E-state index >= 15 is 0 Å². The predicted molar refractivity (Wildman–Crippen MR) is 111 cm³/mol. The van der Waals surface area contributed by atoms with Crippen LogP contribution in [0.3, 0.4) is 0 Å². The summed E-state index contributed by atoms with van der Waals surface area (Å²) in [5, 5.41) is 7.16. The molecule has 7 nitrogen and oxygen atoms in total. The number of nitrogens with two attached hydrogens (primary N) is 1. The van der Waals surface area contributed by atoms with Crippen LogP contribution in [0.4, 0.5) is 5.69 Å². The molecule has 2 amide bonds. The van der Waals surface area contributed by atoms with Gasteiger partial charge >= 0.3 is 0 Å². The van der Waals surface area contributed by atoms with Crippen molar-refractivity contribution in [2.45, 2.75) is 26.3 Å². The number of nitrogens with one attached hydrogen (secondary N) is 1. The standard InChI is InChI=1S/C22H22N4O3/c1-15-4-6-16(7-5-15)19-12-13-21(28)26(25-19)14-2-3-20(27)24-18-10-8-17(9-11-18)22(23)29/h4-13H,2-3,14H2,1H3,(H2,23,29)(H,24,27). The van der Waals surface area contributed by atoms with E-state index in [2.05, 4.69) is 10.4 Å². The molecule has 148 valence electrons. The number of amides is 2. The third-order valence-electron chi connectivity index (χ3n) is 4.44. The van der Waals surface area contributed by atoms with Crippen molar-refractivity contribution in [1.82, 2.24) is 9.78 Å². The smallest absolute Gasteiger partial charge is 0.266 e. The zero-order valence-electron chi connectivity index (χ0n) is 16.1. The number of primary amides is 1. The highest BCUT2D eigenvalue weighted by Crippen LogP contribution is 2.16. The van der Waals surface area contributed by atoms with Crippen molar-refractivity contribution in [3.63, 3.8) is 0 Å². The van der Waals surface area contributed by atoms with Crippen molar-refractivity contribution in [3.05, 3.63) is 82.1 Å². The van der Waals surface area contributed by atoms with Gasteiger partial charge in [-0.3, -0.25) is 14.4 Å². The Bertz CT molecular complexity index is 1070. The quantitative estimate of drug-likeness (QED) is 0.647. The van der Waals surface area contributed by atoms with Gasteiger partial charge in [-0.1, -0.05) is 29.8 Å². The van der Waals surface area contributed by atoms with Crippen molar-refractivity contribution in [1.29, 1.82) is 0 Å². The number of nitrogens with zero attached hydrogens (tertiary/aromatic N) is 2. The first kappa shape index (κ1) is 20.0. The molecule has 0 saturated heterocycles. The highest BCUT2D eigenvalue weighted by molar-refractivity contribution is 5.94. The van der Waals surface area contributed by atoms with Crippen molar-refractivity contribution < 1.29 is 9.59 Å². The molecular formula is C22H22N4O3. The number of aryl methyl sites for hydroxylation is 2. The Morgan fingerprint density at radius 1 is 1.00 bits per heavy atom. The maximum atomic E-state index is 12.1. The van der Waals surface area contributed by atoms with Crippen LogP contribution < -0.4 is 16.6 Å². The summed E-state index contributed by atoms with van der Waals surface area (Å²) in [4.78, 5) is 35.3. The predicted octanol–water partition coefficient (Wildman–Crippen LogP) is 2.74. The average Bonchev–Trinajstić information content (AvgIpc) is 2.70. The molecule has 0 aliphatic carbocycles. The second-order valence-corrected chi connectivity index (χ2v) is 6.74. The van der Waals surface area contributed by atoms with Gasteiger partial charge in [0.25, 0.3) is 5.56 Å². The normalized spacial score (nSPS) is 10.5. The number of hydrogen-bond donors (Lipinski definition) is 2. The van der Waals surface area contributed by atoms with E-state index in [1.807, 2.05) is 31.2 Å². The number of benzene rings is 2. The molecule has 3 aromatic rings. The molecule has 29 heavy (non-hydrogen) atoms. The minimum atomic E-state index is -0.520. The summed E-state index contributed by atoms with van der Waals surface area (Å²) in [6.45, 7) is 2.35. The molecule has 7 heteroatoms. The van der Waals surface area contributed by atoms with E-state index < -0.39 is 5.91 Å². The number of carbonyl (C=O) groups excluding carboxylic acids is 2. The first-order valence-corrected chi connectivity index (χ1v) is 9.27. The summed E-state index contributed by atoms with van der Waals surface area (Å²) in [6, 6.07) is 17.4. The molecule has 3 N–H and O–H groups in total. The lowest BCUT2D eigenvalue weighted by Crippen LogP contribution is -2.23. The maximum Gasteiger partial charge on any atom is 0.266 e. The number of anilines is 1. The summed E-state index contributed by atoms with van der Waals surface area (Å²) < 4.78 is 1.38. The molecule has 2 aromatic carbocycles. The molecule has 3 rings (SSSR count). The van der Waals surface area contributed by atoms with Crippen LogP contribution in [0.2, 0.25) is 0 Å². The molecule has 0 unspecified atom stereocenters. The fraction of sp³-hybridized carbons (Fsp3) is 0.182. The average molecular weight is 390 g/mol. The monoisotopic (exact) mass is 390 g/mol. The summed E-state index contributed by atoms with van der Waals surface area (Å²) in [5.74, 6) is -0.701. The van der Waals surface area contributed by atoms with Gasteiger partial charge < -0.3 is 11.1 Å². The number of hydrogen-bond acceptors (Lipinski definition) is 4. The second-order valence-electron chi connectivity index (χ2n) is 6.74. The Morgan fingerprint density at radius 3 is 2.34 bits per heavy atom. The molecule has 0 aliphatic heterocycles. The van der Waals surface area contributed by atoms with Crippen LogP contribution in [0.15, 0.2) is 65.5 Å². The van der Waals surface area contributed by atoms with Crippen LogP contribution >= 0.6 is 0 Å². The second kappa shape index (κ2) is 8.97. The lowest BCUT2D eigenvalue weighted by Gasteiger charge is -2.08. The van der Waals surface area contributed by atoms with Gasteiger partial charge in [0.15, 0.2) is 0 Å². The molecule has 0 aliphatic rings. The SMILES string of the molecule is Cc1ccc(-c2ccc(=O)n(CCCC(=O)Nc3ccc(C(N)=O)cc3)n2)cc1. The Labute approximate surface area is 168 Å². The minimum absolute atomic E-state index is 0.181. The maximum absolute atomic E-state index is 12.1. The van der Waals surface area contributed by atoms with Crippen LogP contribution in [0.5, 0.6) is 0 Å². The highest BCUT2D eigenvalue weighted by atomic mass is 16.2. The van der Waals surface area contributed by atoms with Gasteiger partial charge in [-0.2, -0.15) is 5.10 Å². The van der Waals surface area contributed by atoms with Crippen molar-refractivity contribution >= 4 is 17.5 Å². The van der Waals surface area contributed by atoms with Gasteiger partial charge in [0.1, 0.15) is 0 Å². The van der Waals surface area contributed by atoms with E-state index in [9.17, 15) is 14.4 Å². The first-order chi connectivity index (χ1) is 13.9. The molecule has 1 heterocycles. The van der Waals surface area contributed by atoms with E-state index in [1.165, 1.54) is 10.7 Å². The van der Waals surface area contributed by atoms with Crippen LogP contribution in [0.1, 0.15) is 28.8 Å². The zero-order valence-corrected chi connectivity index (χ0v) is 16.1. The van der Waals surface area contributed by atoms with E-state index in [1.54, 1.807) is 30.3 Å². The fourth-order valence-electron chi connectivity index (χ4n) is 2.82. The third-order valence-corrected chi connectivity index (χ3v) is 4.44. The minimum Gasteiger partial charge on any atom is -0.366 e. The Kier molecular flexibility index (Phi) is 6.19. The number of aromatic nitrogens is 2. The van der Waals surface area contributed by atoms with Crippen LogP contribution in [0.25, 0.3) is 11.3 Å². The summed E-state index contributed by atoms with van der Waals surface area (Å²) >= 11 is 0. The lowest BCUT2D eigenvalue weighted by molar-refractivity contribution is -0.116. The van der Waals surface area contributed by atoms with Crippen molar-refractivity contribution in [2.75, 3.05) is 5.32 Å². The molecule has 0 spiro atoms. The number of rotatable bonds is 7.